The average Bonchev–Trinajstić information content (AvgIpc) is 3.16. The van der Waals surface area contributed by atoms with Gasteiger partial charge in [0.1, 0.15) is 6.61 Å². The SMILES string of the molecule is COCC(=O)N1CCC[C@H](C(=O)N2CCN(c3nccs3)CC2)C1. The molecule has 2 aliphatic heterocycles. The summed E-state index contributed by atoms with van der Waals surface area (Å²) in [7, 11) is 1.52. The maximum Gasteiger partial charge on any atom is 0.248 e. The van der Waals surface area contributed by atoms with Gasteiger partial charge in [-0.2, -0.15) is 0 Å². The molecule has 7 nitrogen and oxygen atoms in total. The highest BCUT2D eigenvalue weighted by Crippen LogP contribution is 2.22. The molecular formula is C16H24N4O3S. The number of thiazole rings is 1. The number of methoxy groups -OCH3 is 1. The van der Waals surface area contributed by atoms with Crippen LogP contribution in [0.2, 0.25) is 0 Å². The van der Waals surface area contributed by atoms with E-state index in [4.69, 9.17) is 4.74 Å². The van der Waals surface area contributed by atoms with Gasteiger partial charge in [-0.25, -0.2) is 4.98 Å². The van der Waals surface area contributed by atoms with E-state index < -0.39 is 0 Å². The molecule has 0 saturated carbocycles. The fourth-order valence-electron chi connectivity index (χ4n) is 3.37. The van der Waals surface area contributed by atoms with Crippen molar-refractivity contribution in [3.05, 3.63) is 11.6 Å². The molecule has 0 aromatic carbocycles. The number of likely N-dealkylation sites (tertiary alicyclic amines) is 1. The third kappa shape index (κ3) is 3.87. The van der Waals surface area contributed by atoms with Crippen LogP contribution in [0.25, 0.3) is 0 Å². The molecule has 24 heavy (non-hydrogen) atoms. The first-order valence-corrected chi connectivity index (χ1v) is 9.27. The number of piperazine rings is 1. The van der Waals surface area contributed by atoms with Crippen molar-refractivity contribution in [2.75, 3.05) is 57.9 Å². The Labute approximate surface area is 146 Å². The van der Waals surface area contributed by atoms with Gasteiger partial charge < -0.3 is 19.4 Å². The smallest absolute Gasteiger partial charge is 0.248 e. The number of hydrogen-bond acceptors (Lipinski definition) is 6. The number of hydrogen-bond donors (Lipinski definition) is 0. The Morgan fingerprint density at radius 1 is 1.25 bits per heavy atom. The predicted molar refractivity (Wildman–Crippen MR) is 92.1 cm³/mol. The molecule has 0 aliphatic carbocycles. The van der Waals surface area contributed by atoms with E-state index >= 15 is 0 Å². The van der Waals surface area contributed by atoms with E-state index in [-0.39, 0.29) is 24.3 Å². The van der Waals surface area contributed by atoms with E-state index in [2.05, 4.69) is 9.88 Å². The van der Waals surface area contributed by atoms with Crippen LogP contribution < -0.4 is 4.90 Å². The van der Waals surface area contributed by atoms with Crippen molar-refractivity contribution in [2.24, 2.45) is 5.92 Å². The second-order valence-corrected chi connectivity index (χ2v) is 7.11. The number of rotatable bonds is 4. The number of piperidine rings is 1. The Hall–Kier alpha value is -1.67. The van der Waals surface area contributed by atoms with E-state index in [1.54, 1.807) is 16.2 Å². The minimum absolute atomic E-state index is 0.0245. The Bertz CT molecular complexity index is 558. The molecular weight excluding hydrogens is 328 g/mol. The van der Waals surface area contributed by atoms with Crippen molar-refractivity contribution in [3.63, 3.8) is 0 Å². The summed E-state index contributed by atoms with van der Waals surface area (Å²) >= 11 is 1.63. The minimum Gasteiger partial charge on any atom is -0.375 e. The van der Waals surface area contributed by atoms with E-state index in [0.717, 1.165) is 50.7 Å². The molecule has 2 aliphatic rings. The summed E-state index contributed by atoms with van der Waals surface area (Å²) in [5.74, 6) is 0.0817. The van der Waals surface area contributed by atoms with E-state index in [0.29, 0.717) is 6.54 Å². The highest BCUT2D eigenvalue weighted by Gasteiger charge is 2.32. The van der Waals surface area contributed by atoms with Crippen LogP contribution in [-0.4, -0.2) is 79.6 Å². The molecule has 1 aromatic rings. The second-order valence-electron chi connectivity index (χ2n) is 6.24. The van der Waals surface area contributed by atoms with Gasteiger partial charge in [-0.1, -0.05) is 0 Å². The summed E-state index contributed by atoms with van der Waals surface area (Å²) in [6.45, 7) is 4.42. The Balaban J connectivity index is 1.52. The molecule has 0 unspecified atom stereocenters. The van der Waals surface area contributed by atoms with Crippen LogP contribution in [0.4, 0.5) is 5.13 Å². The molecule has 1 atom stereocenters. The van der Waals surface area contributed by atoms with Gasteiger partial charge in [-0.3, -0.25) is 9.59 Å². The molecule has 2 amide bonds. The number of anilines is 1. The van der Waals surface area contributed by atoms with Gasteiger partial charge in [-0.15, -0.1) is 11.3 Å². The molecule has 8 heteroatoms. The van der Waals surface area contributed by atoms with Crippen LogP contribution in [0.5, 0.6) is 0 Å². The lowest BCUT2D eigenvalue weighted by Crippen LogP contribution is -2.53. The lowest BCUT2D eigenvalue weighted by Gasteiger charge is -2.39. The summed E-state index contributed by atoms with van der Waals surface area (Å²) < 4.78 is 4.92. The maximum atomic E-state index is 12.8. The van der Waals surface area contributed by atoms with E-state index in [1.807, 2.05) is 16.5 Å². The first-order valence-electron chi connectivity index (χ1n) is 8.39. The Morgan fingerprint density at radius 2 is 2.04 bits per heavy atom. The topological polar surface area (TPSA) is 66.0 Å². The summed E-state index contributed by atoms with van der Waals surface area (Å²) in [6, 6.07) is 0. The fraction of sp³-hybridized carbons (Fsp3) is 0.688. The summed E-state index contributed by atoms with van der Waals surface area (Å²) in [6.07, 6.45) is 3.55. The van der Waals surface area contributed by atoms with Gasteiger partial charge in [0.05, 0.1) is 5.92 Å². The number of amides is 2. The van der Waals surface area contributed by atoms with Crippen molar-refractivity contribution in [3.8, 4) is 0 Å². The third-order valence-electron chi connectivity index (χ3n) is 4.67. The molecule has 3 heterocycles. The molecule has 0 N–H and O–H groups in total. The molecule has 1 aromatic heterocycles. The zero-order chi connectivity index (χ0) is 16.9. The molecule has 0 bridgehead atoms. The predicted octanol–water partition coefficient (Wildman–Crippen LogP) is 0.677. The van der Waals surface area contributed by atoms with Crippen molar-refractivity contribution in [2.45, 2.75) is 12.8 Å². The zero-order valence-corrected chi connectivity index (χ0v) is 14.8. The Kier molecular flexibility index (Phi) is 5.68. The maximum absolute atomic E-state index is 12.8. The van der Waals surface area contributed by atoms with Gasteiger partial charge >= 0.3 is 0 Å². The van der Waals surface area contributed by atoms with Gasteiger partial charge in [0.2, 0.25) is 11.8 Å². The standard InChI is InChI=1S/C16H24N4O3S/c1-23-12-14(21)20-5-2-3-13(11-20)15(22)18-6-8-19(9-7-18)16-17-4-10-24-16/h4,10,13H,2-3,5-9,11-12H2,1H3/t13-/m0/s1. The number of carbonyl (C=O) groups is 2. The van der Waals surface area contributed by atoms with Crippen molar-refractivity contribution in [1.82, 2.24) is 14.8 Å². The normalized spacial score (nSPS) is 21.9. The van der Waals surface area contributed by atoms with Gasteiger partial charge in [0.25, 0.3) is 0 Å². The van der Waals surface area contributed by atoms with Crippen LogP contribution in [0.3, 0.4) is 0 Å². The largest absolute Gasteiger partial charge is 0.375 e. The van der Waals surface area contributed by atoms with Gasteiger partial charge in [-0.05, 0) is 12.8 Å². The number of ether oxygens (including phenoxy) is 1. The first kappa shape index (κ1) is 17.2. The van der Waals surface area contributed by atoms with Crippen molar-refractivity contribution in [1.29, 1.82) is 0 Å². The molecule has 3 rings (SSSR count). The number of aromatic nitrogens is 1. The highest BCUT2D eigenvalue weighted by molar-refractivity contribution is 7.13. The molecule has 0 spiro atoms. The highest BCUT2D eigenvalue weighted by atomic mass is 32.1. The van der Waals surface area contributed by atoms with Crippen LogP contribution in [0, 0.1) is 5.92 Å². The third-order valence-corrected chi connectivity index (χ3v) is 5.50. The lowest BCUT2D eigenvalue weighted by atomic mass is 9.96. The lowest BCUT2D eigenvalue weighted by molar-refractivity contribution is -0.142. The summed E-state index contributed by atoms with van der Waals surface area (Å²) in [4.78, 5) is 35.0. The average molecular weight is 352 g/mol. The second kappa shape index (κ2) is 7.94. The van der Waals surface area contributed by atoms with E-state index in [1.165, 1.54) is 7.11 Å². The van der Waals surface area contributed by atoms with Gasteiger partial charge in [0, 0.05) is 58.0 Å². The fourth-order valence-corrected chi connectivity index (χ4v) is 4.07. The number of nitrogens with zero attached hydrogens (tertiary/aromatic N) is 4. The van der Waals surface area contributed by atoms with Crippen molar-refractivity contribution < 1.29 is 14.3 Å². The molecule has 2 fully saturated rings. The van der Waals surface area contributed by atoms with Crippen LogP contribution >= 0.6 is 11.3 Å². The minimum atomic E-state index is -0.0778. The molecule has 2 saturated heterocycles. The number of carbonyl (C=O) groups excluding carboxylic acids is 2. The van der Waals surface area contributed by atoms with Crippen molar-refractivity contribution >= 4 is 28.3 Å². The van der Waals surface area contributed by atoms with Gasteiger partial charge in [0.15, 0.2) is 5.13 Å². The Morgan fingerprint density at radius 3 is 2.71 bits per heavy atom. The molecule has 0 radical (unpaired) electrons. The quantitative estimate of drug-likeness (QED) is 0.797. The first-order chi connectivity index (χ1) is 11.7. The zero-order valence-electron chi connectivity index (χ0n) is 14.0. The van der Waals surface area contributed by atoms with Crippen LogP contribution in [0.15, 0.2) is 11.6 Å². The molecule has 132 valence electrons. The monoisotopic (exact) mass is 352 g/mol. The summed E-state index contributed by atoms with van der Waals surface area (Å²) in [5.41, 5.74) is 0. The van der Waals surface area contributed by atoms with Crippen LogP contribution in [-0.2, 0) is 14.3 Å². The van der Waals surface area contributed by atoms with Crippen LogP contribution in [0.1, 0.15) is 12.8 Å². The summed E-state index contributed by atoms with van der Waals surface area (Å²) in [5, 5.41) is 3.00. The van der Waals surface area contributed by atoms with E-state index in [9.17, 15) is 9.59 Å².